The molecule has 0 radical (unpaired) electrons. The number of nitrogens with zero attached hydrogens (tertiary/aromatic N) is 2. The fourth-order valence-corrected chi connectivity index (χ4v) is 2.66. The fraction of sp³-hybridized carbons (Fsp3) is 0.211. The van der Waals surface area contributed by atoms with Gasteiger partial charge in [-0.2, -0.15) is 0 Å². The summed E-state index contributed by atoms with van der Waals surface area (Å²) in [6, 6.07) is 13.4. The van der Waals surface area contributed by atoms with Gasteiger partial charge in [0.2, 0.25) is 0 Å². The normalized spacial score (nSPS) is 10.8. The minimum atomic E-state index is -0.610. The molecule has 26 heavy (non-hydrogen) atoms. The van der Waals surface area contributed by atoms with Gasteiger partial charge >= 0.3 is 0 Å². The molecule has 0 atom stereocenters. The van der Waals surface area contributed by atoms with Crippen molar-refractivity contribution in [1.82, 2.24) is 10.2 Å². The number of rotatable bonds is 6. The summed E-state index contributed by atoms with van der Waals surface area (Å²) in [6.07, 6.45) is 0. The number of nitrogens with two attached hydrogens (primary N) is 1. The summed E-state index contributed by atoms with van der Waals surface area (Å²) in [6.45, 7) is 3.96. The van der Waals surface area contributed by atoms with Crippen LogP contribution in [0.15, 0.2) is 42.5 Å². The molecule has 1 heterocycles. The van der Waals surface area contributed by atoms with E-state index in [-0.39, 0.29) is 11.7 Å². The molecule has 0 spiro atoms. The monoisotopic (exact) mass is 351 g/mol. The number of aromatic nitrogens is 2. The van der Waals surface area contributed by atoms with Crippen LogP contribution in [0.1, 0.15) is 24.3 Å². The van der Waals surface area contributed by atoms with E-state index in [1.165, 1.54) is 0 Å². The summed E-state index contributed by atoms with van der Waals surface area (Å²) in [7, 11) is 1.63. The van der Waals surface area contributed by atoms with Crippen LogP contribution in [0, 0.1) is 0 Å². The maximum absolute atomic E-state index is 11.7. The molecule has 134 valence electrons. The van der Waals surface area contributed by atoms with Crippen LogP contribution in [0.5, 0.6) is 5.75 Å². The van der Waals surface area contributed by atoms with Crippen molar-refractivity contribution in [3.63, 3.8) is 0 Å². The number of methoxy groups -OCH3 is 1. The van der Waals surface area contributed by atoms with E-state index in [1.807, 2.05) is 56.3 Å². The molecule has 3 rings (SSSR count). The SMILES string of the molecule is COc1cccc(Nc2ccc3c(NC(C)C)c(C(N)=O)nnc3c2)c1. The molecule has 0 saturated heterocycles. The average molecular weight is 351 g/mol. The lowest BCUT2D eigenvalue weighted by atomic mass is 10.1. The molecule has 4 N–H and O–H groups in total. The Morgan fingerprint density at radius 3 is 2.58 bits per heavy atom. The number of hydrogen-bond donors (Lipinski definition) is 3. The molecule has 0 aliphatic rings. The third-order valence-electron chi connectivity index (χ3n) is 3.79. The van der Waals surface area contributed by atoms with Crippen LogP contribution in [-0.2, 0) is 0 Å². The van der Waals surface area contributed by atoms with Gasteiger partial charge in [-0.25, -0.2) is 0 Å². The number of hydrogen-bond acceptors (Lipinski definition) is 6. The molecular formula is C19H21N5O2. The first-order chi connectivity index (χ1) is 12.5. The predicted molar refractivity (Wildman–Crippen MR) is 103 cm³/mol. The van der Waals surface area contributed by atoms with Crippen LogP contribution in [-0.4, -0.2) is 29.3 Å². The van der Waals surface area contributed by atoms with Crippen LogP contribution >= 0.6 is 0 Å². The molecule has 7 heteroatoms. The van der Waals surface area contributed by atoms with Gasteiger partial charge in [0.15, 0.2) is 5.69 Å². The molecule has 0 fully saturated rings. The number of ether oxygens (including phenoxy) is 1. The highest BCUT2D eigenvalue weighted by Crippen LogP contribution is 2.29. The van der Waals surface area contributed by atoms with Gasteiger partial charge in [0.25, 0.3) is 5.91 Å². The number of fused-ring (bicyclic) bond motifs is 1. The van der Waals surface area contributed by atoms with Crippen molar-refractivity contribution >= 4 is 33.9 Å². The highest BCUT2D eigenvalue weighted by atomic mass is 16.5. The Kier molecular flexibility index (Phi) is 4.88. The minimum Gasteiger partial charge on any atom is -0.497 e. The smallest absolute Gasteiger partial charge is 0.271 e. The first kappa shape index (κ1) is 17.5. The molecule has 0 saturated carbocycles. The minimum absolute atomic E-state index is 0.120. The van der Waals surface area contributed by atoms with E-state index in [0.29, 0.717) is 11.2 Å². The van der Waals surface area contributed by atoms with Crippen LogP contribution in [0.2, 0.25) is 0 Å². The van der Waals surface area contributed by atoms with E-state index < -0.39 is 5.91 Å². The summed E-state index contributed by atoms with van der Waals surface area (Å²) < 4.78 is 5.24. The summed E-state index contributed by atoms with van der Waals surface area (Å²) in [5, 5.41) is 15.5. The third kappa shape index (κ3) is 3.66. The van der Waals surface area contributed by atoms with Gasteiger partial charge in [0, 0.05) is 28.9 Å². The largest absolute Gasteiger partial charge is 0.497 e. The maximum Gasteiger partial charge on any atom is 0.271 e. The van der Waals surface area contributed by atoms with Gasteiger partial charge in [0.1, 0.15) is 5.75 Å². The van der Waals surface area contributed by atoms with Crippen molar-refractivity contribution in [3.8, 4) is 5.75 Å². The second-order valence-corrected chi connectivity index (χ2v) is 6.18. The number of nitrogens with one attached hydrogen (secondary N) is 2. The van der Waals surface area contributed by atoms with E-state index >= 15 is 0 Å². The van der Waals surface area contributed by atoms with Crippen molar-refractivity contribution in [2.75, 3.05) is 17.7 Å². The van der Waals surface area contributed by atoms with Gasteiger partial charge in [0.05, 0.1) is 18.3 Å². The first-order valence-electron chi connectivity index (χ1n) is 8.26. The van der Waals surface area contributed by atoms with Crippen molar-refractivity contribution < 1.29 is 9.53 Å². The van der Waals surface area contributed by atoms with Crippen molar-refractivity contribution in [2.24, 2.45) is 5.73 Å². The molecule has 1 aromatic heterocycles. The zero-order valence-corrected chi connectivity index (χ0v) is 14.9. The lowest BCUT2D eigenvalue weighted by molar-refractivity contribution is 0.0995. The highest BCUT2D eigenvalue weighted by Gasteiger charge is 2.16. The number of carbonyl (C=O) groups excluding carboxylic acids is 1. The lowest BCUT2D eigenvalue weighted by Gasteiger charge is -2.15. The van der Waals surface area contributed by atoms with Crippen molar-refractivity contribution in [1.29, 1.82) is 0 Å². The second kappa shape index (κ2) is 7.26. The topological polar surface area (TPSA) is 102 Å². The third-order valence-corrected chi connectivity index (χ3v) is 3.79. The molecular weight excluding hydrogens is 330 g/mol. The van der Waals surface area contributed by atoms with E-state index in [1.54, 1.807) is 7.11 Å². The zero-order chi connectivity index (χ0) is 18.7. The zero-order valence-electron chi connectivity index (χ0n) is 14.9. The molecule has 3 aromatic rings. The standard InChI is InChI=1S/C19H21N5O2/c1-11(2)21-17-15-8-7-13(10-16(15)23-24-18(17)19(20)25)22-12-5-4-6-14(9-12)26-3/h4-11,22H,1-3H3,(H2,20,25)(H,21,23). The number of carbonyl (C=O) groups is 1. The summed E-state index contributed by atoms with van der Waals surface area (Å²) >= 11 is 0. The van der Waals surface area contributed by atoms with Crippen LogP contribution in [0.25, 0.3) is 10.9 Å². The van der Waals surface area contributed by atoms with Gasteiger partial charge in [-0.05, 0) is 44.2 Å². The van der Waals surface area contributed by atoms with Gasteiger partial charge in [-0.15, -0.1) is 10.2 Å². The van der Waals surface area contributed by atoms with E-state index in [2.05, 4.69) is 20.8 Å². The van der Waals surface area contributed by atoms with Gasteiger partial charge in [-0.1, -0.05) is 6.07 Å². The molecule has 0 bridgehead atoms. The van der Waals surface area contributed by atoms with Crippen LogP contribution < -0.4 is 21.1 Å². The number of primary amides is 1. The first-order valence-corrected chi connectivity index (χ1v) is 8.26. The Morgan fingerprint density at radius 2 is 1.88 bits per heavy atom. The fourth-order valence-electron chi connectivity index (χ4n) is 2.66. The van der Waals surface area contributed by atoms with Crippen LogP contribution in [0.4, 0.5) is 17.1 Å². The Labute approximate surface area is 151 Å². The second-order valence-electron chi connectivity index (χ2n) is 6.18. The molecule has 0 aliphatic carbocycles. The van der Waals surface area contributed by atoms with E-state index in [9.17, 15) is 4.79 Å². The number of anilines is 3. The van der Waals surface area contributed by atoms with Crippen molar-refractivity contribution in [3.05, 3.63) is 48.2 Å². The molecule has 1 amide bonds. The van der Waals surface area contributed by atoms with Gasteiger partial charge < -0.3 is 21.1 Å². The number of benzene rings is 2. The maximum atomic E-state index is 11.7. The van der Waals surface area contributed by atoms with Crippen LogP contribution in [0.3, 0.4) is 0 Å². The quantitative estimate of drug-likeness (QED) is 0.630. The number of amides is 1. The summed E-state index contributed by atoms with van der Waals surface area (Å²) in [4.78, 5) is 11.7. The Morgan fingerprint density at radius 1 is 1.12 bits per heavy atom. The molecule has 0 aliphatic heterocycles. The lowest BCUT2D eigenvalue weighted by Crippen LogP contribution is -2.20. The van der Waals surface area contributed by atoms with E-state index in [4.69, 9.17) is 10.5 Å². The predicted octanol–water partition coefficient (Wildman–Crippen LogP) is 3.30. The van der Waals surface area contributed by atoms with Crippen molar-refractivity contribution in [2.45, 2.75) is 19.9 Å². The average Bonchev–Trinajstić information content (AvgIpc) is 2.61. The van der Waals surface area contributed by atoms with E-state index in [0.717, 1.165) is 22.5 Å². The Bertz CT molecular complexity index is 956. The Hall–Kier alpha value is -3.35. The van der Waals surface area contributed by atoms with Gasteiger partial charge in [-0.3, -0.25) is 4.79 Å². The molecule has 2 aromatic carbocycles. The molecule has 7 nitrogen and oxygen atoms in total. The summed E-state index contributed by atoms with van der Waals surface area (Å²) in [5.74, 6) is 0.159. The highest BCUT2D eigenvalue weighted by molar-refractivity contribution is 6.05. The summed E-state index contributed by atoms with van der Waals surface area (Å²) in [5.41, 5.74) is 8.58. The molecule has 0 unspecified atom stereocenters. The Balaban J connectivity index is 2.01.